The second-order valence-electron chi connectivity index (χ2n) is 6.85. The van der Waals surface area contributed by atoms with E-state index in [1.807, 2.05) is 12.1 Å². The van der Waals surface area contributed by atoms with Crippen molar-refractivity contribution in [3.05, 3.63) is 55.0 Å². The van der Waals surface area contributed by atoms with Crippen molar-refractivity contribution in [2.75, 3.05) is 11.6 Å². The summed E-state index contributed by atoms with van der Waals surface area (Å²) in [6.45, 7) is 2.09. The lowest BCUT2D eigenvalue weighted by atomic mass is 10.1. The van der Waals surface area contributed by atoms with Gasteiger partial charge in [0.2, 0.25) is 5.95 Å². The lowest BCUT2D eigenvalue weighted by molar-refractivity contribution is 0.168. The first-order valence-electron chi connectivity index (χ1n) is 8.93. The molecule has 0 unspecified atom stereocenters. The lowest BCUT2D eigenvalue weighted by Crippen LogP contribution is -2.11. The zero-order chi connectivity index (χ0) is 20.6. The van der Waals surface area contributed by atoms with Crippen molar-refractivity contribution < 1.29 is 13.5 Å². The first kappa shape index (κ1) is 19.1. The Labute approximate surface area is 167 Å². The zero-order valence-electron chi connectivity index (χ0n) is 15.9. The average molecular weight is 412 g/mol. The third-order valence-corrected chi connectivity index (χ3v) is 5.42. The molecule has 3 heterocycles. The largest absolute Gasteiger partial charge is 0.391 e. The molecule has 1 atom stereocenters. The Morgan fingerprint density at radius 3 is 2.66 bits per heavy atom. The first-order chi connectivity index (χ1) is 13.8. The number of rotatable bonds is 6. The van der Waals surface area contributed by atoms with Gasteiger partial charge in [-0.2, -0.15) is 10.1 Å². The summed E-state index contributed by atoms with van der Waals surface area (Å²) in [6, 6.07) is 10.4. The molecule has 0 aliphatic carbocycles. The van der Waals surface area contributed by atoms with E-state index in [2.05, 4.69) is 20.5 Å². The third-order valence-electron chi connectivity index (χ3n) is 4.30. The predicted octanol–water partition coefficient (Wildman–Crippen LogP) is 2.12. The van der Waals surface area contributed by atoms with Crippen molar-refractivity contribution in [1.29, 1.82) is 0 Å². The topological polar surface area (TPSA) is 114 Å². The standard InChI is InChI=1S/C19H20N6O3S/c1-13(26)11-24-12-15(10-20-24)21-19-22-18-17(4-3-9-25(18)23-19)14-5-7-16(8-6-14)29(2,27)28/h3-10,12-13,26H,11H2,1-2H3,(H,21,23)/t13-/m0/s1. The van der Waals surface area contributed by atoms with Gasteiger partial charge in [0.25, 0.3) is 0 Å². The molecule has 1 aromatic carbocycles. The quantitative estimate of drug-likeness (QED) is 0.498. The molecule has 150 valence electrons. The smallest absolute Gasteiger partial charge is 0.247 e. The van der Waals surface area contributed by atoms with E-state index >= 15 is 0 Å². The molecule has 3 aromatic heterocycles. The summed E-state index contributed by atoms with van der Waals surface area (Å²) in [7, 11) is -3.25. The van der Waals surface area contributed by atoms with E-state index in [1.54, 1.807) is 59.0 Å². The fraction of sp³-hybridized carbons (Fsp3) is 0.211. The molecule has 0 saturated carbocycles. The normalized spacial score (nSPS) is 12.9. The number of hydrogen-bond donors (Lipinski definition) is 2. The van der Waals surface area contributed by atoms with Gasteiger partial charge in [0.05, 0.1) is 29.4 Å². The van der Waals surface area contributed by atoms with E-state index in [0.717, 1.165) is 11.1 Å². The average Bonchev–Trinajstić information content (AvgIpc) is 3.26. The Morgan fingerprint density at radius 1 is 1.21 bits per heavy atom. The fourth-order valence-corrected chi connectivity index (χ4v) is 3.62. The van der Waals surface area contributed by atoms with Gasteiger partial charge in [0.1, 0.15) is 0 Å². The van der Waals surface area contributed by atoms with E-state index in [-0.39, 0.29) is 4.90 Å². The van der Waals surface area contributed by atoms with Crippen LogP contribution in [0.25, 0.3) is 16.8 Å². The molecule has 4 rings (SSSR count). The second kappa shape index (κ2) is 7.30. The van der Waals surface area contributed by atoms with E-state index < -0.39 is 15.9 Å². The maximum Gasteiger partial charge on any atom is 0.247 e. The van der Waals surface area contributed by atoms with Crippen LogP contribution in [-0.4, -0.2) is 50.3 Å². The molecule has 9 nitrogen and oxygen atoms in total. The van der Waals surface area contributed by atoms with E-state index in [4.69, 9.17) is 0 Å². The SMILES string of the molecule is C[C@H](O)Cn1cc(Nc2nc3c(-c4ccc(S(C)(=O)=O)cc4)cccn3n2)cn1. The Balaban J connectivity index is 1.64. The number of nitrogens with one attached hydrogen (secondary N) is 1. The Bertz CT molecular complexity index is 1260. The molecule has 0 saturated heterocycles. The Hall–Kier alpha value is -3.24. The van der Waals surface area contributed by atoms with Crippen LogP contribution < -0.4 is 5.32 Å². The van der Waals surface area contributed by atoms with E-state index in [0.29, 0.717) is 23.8 Å². The van der Waals surface area contributed by atoms with Gasteiger partial charge in [-0.15, -0.1) is 5.10 Å². The molecule has 4 aromatic rings. The highest BCUT2D eigenvalue weighted by atomic mass is 32.2. The molecule has 0 aliphatic rings. The lowest BCUT2D eigenvalue weighted by Gasteiger charge is -2.04. The monoisotopic (exact) mass is 412 g/mol. The molecule has 0 fully saturated rings. The molecule has 10 heteroatoms. The van der Waals surface area contributed by atoms with Crippen LogP contribution in [-0.2, 0) is 16.4 Å². The number of anilines is 2. The maximum absolute atomic E-state index is 11.7. The number of fused-ring (bicyclic) bond motifs is 1. The molecule has 2 N–H and O–H groups in total. The molecule has 0 radical (unpaired) electrons. The van der Waals surface area contributed by atoms with Crippen LogP contribution in [0, 0.1) is 0 Å². The molecular formula is C19H20N6O3S. The summed E-state index contributed by atoms with van der Waals surface area (Å²) < 4.78 is 26.6. The minimum atomic E-state index is -3.25. The maximum atomic E-state index is 11.7. The van der Waals surface area contributed by atoms with Gasteiger partial charge in [0, 0.05) is 24.2 Å². The third kappa shape index (κ3) is 4.13. The van der Waals surface area contributed by atoms with Gasteiger partial charge in [-0.25, -0.2) is 12.9 Å². The van der Waals surface area contributed by atoms with E-state index in [1.165, 1.54) is 6.26 Å². The van der Waals surface area contributed by atoms with Crippen LogP contribution in [0.3, 0.4) is 0 Å². The zero-order valence-corrected chi connectivity index (χ0v) is 16.7. The highest BCUT2D eigenvalue weighted by Crippen LogP contribution is 2.26. The van der Waals surface area contributed by atoms with E-state index in [9.17, 15) is 13.5 Å². The first-order valence-corrected chi connectivity index (χ1v) is 10.8. The van der Waals surface area contributed by atoms with Gasteiger partial charge < -0.3 is 10.4 Å². The van der Waals surface area contributed by atoms with Gasteiger partial charge in [0.15, 0.2) is 15.5 Å². The molecular weight excluding hydrogens is 392 g/mol. The minimum Gasteiger partial charge on any atom is -0.391 e. The molecule has 0 aliphatic heterocycles. The summed E-state index contributed by atoms with van der Waals surface area (Å²) in [4.78, 5) is 4.83. The molecule has 0 spiro atoms. The van der Waals surface area contributed by atoms with Crippen molar-refractivity contribution in [2.45, 2.75) is 24.5 Å². The number of benzene rings is 1. The molecule has 0 amide bonds. The van der Waals surface area contributed by atoms with Gasteiger partial charge >= 0.3 is 0 Å². The predicted molar refractivity (Wildman–Crippen MR) is 109 cm³/mol. The minimum absolute atomic E-state index is 0.270. The second-order valence-corrected chi connectivity index (χ2v) is 8.86. The number of aromatic nitrogens is 5. The Morgan fingerprint density at radius 2 is 1.97 bits per heavy atom. The van der Waals surface area contributed by atoms with Crippen LogP contribution in [0.5, 0.6) is 0 Å². The van der Waals surface area contributed by atoms with Crippen LogP contribution in [0.4, 0.5) is 11.6 Å². The summed E-state index contributed by atoms with van der Waals surface area (Å²) in [5, 5.41) is 21.2. The summed E-state index contributed by atoms with van der Waals surface area (Å²) in [6.07, 6.45) is 5.89. The summed E-state index contributed by atoms with van der Waals surface area (Å²) in [5.41, 5.74) is 3.02. The number of aliphatic hydroxyl groups is 1. The number of nitrogens with zero attached hydrogens (tertiary/aromatic N) is 5. The van der Waals surface area contributed by atoms with Crippen LogP contribution in [0.2, 0.25) is 0 Å². The highest BCUT2D eigenvalue weighted by Gasteiger charge is 2.12. The van der Waals surface area contributed by atoms with Gasteiger partial charge in [-0.3, -0.25) is 4.68 Å². The highest BCUT2D eigenvalue weighted by molar-refractivity contribution is 7.90. The number of aliphatic hydroxyl groups excluding tert-OH is 1. The van der Waals surface area contributed by atoms with Crippen LogP contribution >= 0.6 is 0 Å². The number of sulfone groups is 1. The summed E-state index contributed by atoms with van der Waals surface area (Å²) >= 11 is 0. The van der Waals surface area contributed by atoms with Crippen molar-refractivity contribution in [3.8, 4) is 11.1 Å². The van der Waals surface area contributed by atoms with Crippen molar-refractivity contribution in [3.63, 3.8) is 0 Å². The molecule has 29 heavy (non-hydrogen) atoms. The van der Waals surface area contributed by atoms with Crippen molar-refractivity contribution >= 4 is 27.1 Å². The van der Waals surface area contributed by atoms with Gasteiger partial charge in [-0.05, 0) is 36.8 Å². The fourth-order valence-electron chi connectivity index (χ4n) is 2.99. The van der Waals surface area contributed by atoms with Crippen molar-refractivity contribution in [1.82, 2.24) is 24.4 Å². The Kier molecular flexibility index (Phi) is 4.81. The van der Waals surface area contributed by atoms with Crippen molar-refractivity contribution in [2.24, 2.45) is 0 Å². The summed E-state index contributed by atoms with van der Waals surface area (Å²) in [5.74, 6) is 0.404. The van der Waals surface area contributed by atoms with Crippen LogP contribution in [0.1, 0.15) is 6.92 Å². The number of hydrogen-bond acceptors (Lipinski definition) is 7. The van der Waals surface area contributed by atoms with Gasteiger partial charge in [-0.1, -0.05) is 12.1 Å². The number of pyridine rings is 1. The van der Waals surface area contributed by atoms with Crippen LogP contribution in [0.15, 0.2) is 59.9 Å². The molecule has 0 bridgehead atoms.